The molecule has 4 rings (SSSR count). The largest absolute Gasteiger partial charge is 0.308 e. The smallest absolute Gasteiger partial charge is 0.0601 e. The maximum atomic E-state index is 3.83. The lowest BCUT2D eigenvalue weighted by Crippen LogP contribution is -2.14. The summed E-state index contributed by atoms with van der Waals surface area (Å²) >= 11 is 1.83. The van der Waals surface area contributed by atoms with Gasteiger partial charge < -0.3 is 4.90 Å². The molecule has 106 valence electrons. The zero-order chi connectivity index (χ0) is 14.9. The van der Waals surface area contributed by atoms with Crippen LogP contribution in [0.5, 0.6) is 0 Å². The Morgan fingerprint density at radius 1 is 0.727 bits per heavy atom. The Labute approximate surface area is 134 Å². The van der Waals surface area contributed by atoms with Crippen LogP contribution in [0.15, 0.2) is 89.2 Å². The molecule has 1 heterocycles. The molecule has 0 bridgehead atoms. The maximum absolute atomic E-state index is 3.83. The van der Waals surface area contributed by atoms with E-state index in [2.05, 4.69) is 84.3 Å². The molecule has 0 N–H and O–H groups in total. The number of hydrogen-bond donors (Lipinski definition) is 0. The van der Waals surface area contributed by atoms with Crippen molar-refractivity contribution in [2.24, 2.45) is 0 Å². The molecule has 1 aliphatic rings. The van der Waals surface area contributed by atoms with Crippen LogP contribution in [0.1, 0.15) is 5.56 Å². The van der Waals surface area contributed by atoms with Crippen molar-refractivity contribution in [2.75, 3.05) is 4.90 Å². The second-order valence-electron chi connectivity index (χ2n) is 5.17. The fraction of sp³-hybridized carbons (Fsp3) is 0. The van der Waals surface area contributed by atoms with E-state index in [0.717, 1.165) is 5.56 Å². The average molecular weight is 301 g/mol. The summed E-state index contributed by atoms with van der Waals surface area (Å²) in [6, 6.07) is 25.6. The van der Waals surface area contributed by atoms with E-state index >= 15 is 0 Å². The topological polar surface area (TPSA) is 3.24 Å². The highest BCUT2D eigenvalue weighted by Crippen LogP contribution is 2.50. The minimum atomic E-state index is 1.14. The third-order valence-corrected chi connectivity index (χ3v) is 4.95. The van der Waals surface area contributed by atoms with E-state index in [4.69, 9.17) is 0 Å². The van der Waals surface area contributed by atoms with Crippen molar-refractivity contribution >= 4 is 34.9 Å². The Balaban J connectivity index is 1.92. The van der Waals surface area contributed by atoms with E-state index in [1.807, 2.05) is 17.8 Å². The van der Waals surface area contributed by atoms with Gasteiger partial charge in [-0.3, -0.25) is 0 Å². The molecular weight excluding hydrogens is 286 g/mol. The fourth-order valence-electron chi connectivity index (χ4n) is 2.74. The number of para-hydroxylation sites is 2. The van der Waals surface area contributed by atoms with Gasteiger partial charge in [0, 0.05) is 15.5 Å². The Morgan fingerprint density at radius 3 is 1.82 bits per heavy atom. The van der Waals surface area contributed by atoms with Crippen LogP contribution < -0.4 is 4.90 Å². The summed E-state index contributed by atoms with van der Waals surface area (Å²) in [6.45, 7) is 3.83. The van der Waals surface area contributed by atoms with E-state index in [1.54, 1.807) is 0 Å². The van der Waals surface area contributed by atoms with Crippen LogP contribution in [-0.2, 0) is 0 Å². The second kappa shape index (κ2) is 5.39. The zero-order valence-corrected chi connectivity index (χ0v) is 12.9. The van der Waals surface area contributed by atoms with Gasteiger partial charge in [0.25, 0.3) is 0 Å². The predicted molar refractivity (Wildman–Crippen MR) is 95.3 cm³/mol. The van der Waals surface area contributed by atoms with Gasteiger partial charge >= 0.3 is 0 Å². The van der Waals surface area contributed by atoms with Gasteiger partial charge in [0.05, 0.1) is 11.4 Å². The quantitative estimate of drug-likeness (QED) is 0.429. The van der Waals surface area contributed by atoms with Crippen LogP contribution in [0, 0.1) is 0 Å². The molecule has 22 heavy (non-hydrogen) atoms. The highest BCUT2D eigenvalue weighted by molar-refractivity contribution is 7.99. The van der Waals surface area contributed by atoms with Crippen LogP contribution in [0.4, 0.5) is 17.1 Å². The predicted octanol–water partition coefficient (Wildman–Crippen LogP) is 6.26. The lowest BCUT2D eigenvalue weighted by molar-refractivity contribution is 1.17. The molecule has 3 aromatic carbocycles. The van der Waals surface area contributed by atoms with Crippen molar-refractivity contribution in [2.45, 2.75) is 9.79 Å². The van der Waals surface area contributed by atoms with Crippen LogP contribution in [0.25, 0.3) is 6.08 Å². The Hall–Kier alpha value is -2.45. The van der Waals surface area contributed by atoms with Gasteiger partial charge in [0.1, 0.15) is 0 Å². The molecule has 0 radical (unpaired) electrons. The number of rotatable bonds is 2. The molecule has 0 fully saturated rings. The molecule has 0 atom stereocenters. The molecule has 0 aromatic heterocycles. The highest BCUT2D eigenvalue weighted by Gasteiger charge is 2.23. The molecule has 3 aromatic rings. The van der Waals surface area contributed by atoms with Crippen LogP contribution in [0.3, 0.4) is 0 Å². The van der Waals surface area contributed by atoms with E-state index in [9.17, 15) is 0 Å². The third kappa shape index (κ3) is 2.13. The van der Waals surface area contributed by atoms with Crippen LogP contribution in [0.2, 0.25) is 0 Å². The van der Waals surface area contributed by atoms with Crippen molar-refractivity contribution in [1.29, 1.82) is 0 Å². The monoisotopic (exact) mass is 301 g/mol. The molecule has 1 nitrogen and oxygen atoms in total. The average Bonchev–Trinajstić information content (AvgIpc) is 2.60. The van der Waals surface area contributed by atoms with Gasteiger partial charge in [0.15, 0.2) is 0 Å². The molecule has 0 saturated heterocycles. The summed E-state index contributed by atoms with van der Waals surface area (Å²) < 4.78 is 0. The molecule has 0 unspecified atom stereocenters. The first-order chi connectivity index (χ1) is 10.9. The van der Waals surface area contributed by atoms with Crippen molar-refractivity contribution in [3.63, 3.8) is 0 Å². The SMILES string of the molecule is C=Cc1ccc(N2c3ccccc3Sc3ccccc32)cc1. The summed E-state index contributed by atoms with van der Waals surface area (Å²) in [5.41, 5.74) is 4.78. The van der Waals surface area contributed by atoms with Gasteiger partial charge in [-0.15, -0.1) is 0 Å². The van der Waals surface area contributed by atoms with Gasteiger partial charge in [-0.25, -0.2) is 0 Å². The first kappa shape index (κ1) is 13.2. The molecule has 0 saturated carbocycles. The molecular formula is C20H15NS. The first-order valence-corrected chi connectivity index (χ1v) is 8.07. The Kier molecular flexibility index (Phi) is 3.24. The zero-order valence-electron chi connectivity index (χ0n) is 12.1. The van der Waals surface area contributed by atoms with E-state index in [0.29, 0.717) is 0 Å². The minimum absolute atomic E-state index is 1.14. The number of nitrogens with zero attached hydrogens (tertiary/aromatic N) is 1. The molecule has 0 spiro atoms. The van der Waals surface area contributed by atoms with Crippen molar-refractivity contribution in [3.8, 4) is 0 Å². The molecule has 0 amide bonds. The summed E-state index contributed by atoms with van der Waals surface area (Å²) in [4.78, 5) is 4.90. The van der Waals surface area contributed by atoms with Gasteiger partial charge in [-0.2, -0.15) is 0 Å². The lowest BCUT2D eigenvalue weighted by Gasteiger charge is -2.32. The summed E-state index contributed by atoms with van der Waals surface area (Å²) in [5, 5.41) is 0. The summed E-state index contributed by atoms with van der Waals surface area (Å²) in [5.74, 6) is 0. The Bertz CT molecular complexity index is 791. The van der Waals surface area contributed by atoms with E-state index in [1.165, 1.54) is 26.9 Å². The van der Waals surface area contributed by atoms with E-state index < -0.39 is 0 Å². The summed E-state index contributed by atoms with van der Waals surface area (Å²) in [7, 11) is 0. The van der Waals surface area contributed by atoms with Crippen molar-refractivity contribution in [3.05, 3.63) is 84.9 Å². The van der Waals surface area contributed by atoms with Crippen molar-refractivity contribution in [1.82, 2.24) is 0 Å². The minimum Gasteiger partial charge on any atom is -0.308 e. The summed E-state index contributed by atoms with van der Waals surface area (Å²) in [6.07, 6.45) is 1.87. The molecule has 2 heteroatoms. The number of anilines is 3. The van der Waals surface area contributed by atoms with Crippen LogP contribution in [-0.4, -0.2) is 0 Å². The second-order valence-corrected chi connectivity index (χ2v) is 6.25. The van der Waals surface area contributed by atoms with E-state index in [-0.39, 0.29) is 0 Å². The Morgan fingerprint density at radius 2 is 1.27 bits per heavy atom. The number of hydrogen-bond acceptors (Lipinski definition) is 2. The van der Waals surface area contributed by atoms with Crippen LogP contribution >= 0.6 is 11.8 Å². The number of benzene rings is 3. The molecule has 0 aliphatic carbocycles. The third-order valence-electron chi connectivity index (χ3n) is 3.82. The standard InChI is InChI=1S/C20H15NS/c1-2-15-11-13-16(14-12-15)21-17-7-3-5-9-19(17)22-20-10-6-4-8-18(20)21/h2-14H,1H2. The van der Waals surface area contributed by atoms with Gasteiger partial charge in [0.2, 0.25) is 0 Å². The highest BCUT2D eigenvalue weighted by atomic mass is 32.2. The van der Waals surface area contributed by atoms with Crippen molar-refractivity contribution < 1.29 is 0 Å². The first-order valence-electron chi connectivity index (χ1n) is 7.25. The van der Waals surface area contributed by atoms with Gasteiger partial charge in [-0.05, 0) is 42.0 Å². The number of fused-ring (bicyclic) bond motifs is 2. The maximum Gasteiger partial charge on any atom is 0.0601 e. The normalized spacial score (nSPS) is 12.5. The molecule has 1 aliphatic heterocycles. The lowest BCUT2D eigenvalue weighted by atomic mass is 10.1. The van der Waals surface area contributed by atoms with Gasteiger partial charge in [-0.1, -0.05) is 60.8 Å². The fourth-order valence-corrected chi connectivity index (χ4v) is 3.80.